The lowest BCUT2D eigenvalue weighted by atomic mass is 10.0. The number of rotatable bonds is 3. The summed E-state index contributed by atoms with van der Waals surface area (Å²) >= 11 is 3.33. The molecule has 0 radical (unpaired) electrons. The van der Waals surface area contributed by atoms with Gasteiger partial charge in [-0.1, -0.05) is 29.3 Å². The van der Waals surface area contributed by atoms with Crippen molar-refractivity contribution in [1.82, 2.24) is 4.90 Å². The molecule has 1 unspecified atom stereocenters. The van der Waals surface area contributed by atoms with E-state index in [0.717, 1.165) is 30.4 Å². The highest BCUT2D eigenvalue weighted by Gasteiger charge is 2.27. The van der Waals surface area contributed by atoms with Crippen LogP contribution in [0, 0.1) is 5.92 Å². The van der Waals surface area contributed by atoms with Crippen LogP contribution in [0.25, 0.3) is 0 Å². The van der Waals surface area contributed by atoms with Gasteiger partial charge in [0.1, 0.15) is 5.75 Å². The average molecular weight is 312 g/mol. The summed E-state index contributed by atoms with van der Waals surface area (Å²) in [5, 5.41) is 9.77. The van der Waals surface area contributed by atoms with Gasteiger partial charge in [-0.3, -0.25) is 4.79 Å². The minimum Gasteiger partial charge on any atom is -0.507 e. The van der Waals surface area contributed by atoms with Crippen LogP contribution in [0.3, 0.4) is 0 Å². The van der Waals surface area contributed by atoms with Gasteiger partial charge in [0.2, 0.25) is 0 Å². The third-order valence-electron chi connectivity index (χ3n) is 3.46. The second-order valence-electron chi connectivity index (χ2n) is 4.86. The van der Waals surface area contributed by atoms with Crippen LogP contribution in [0.1, 0.15) is 36.5 Å². The lowest BCUT2D eigenvalue weighted by Gasteiger charge is -2.17. The third-order valence-corrected chi connectivity index (χ3v) is 3.95. The first kappa shape index (κ1) is 13.4. The summed E-state index contributed by atoms with van der Waals surface area (Å²) < 4.78 is 0.813. The number of benzene rings is 1. The molecule has 1 heterocycles. The molecule has 0 spiro atoms. The first-order chi connectivity index (χ1) is 8.61. The quantitative estimate of drug-likeness (QED) is 0.929. The molecule has 1 N–H and O–H groups in total. The molecule has 3 nitrogen and oxygen atoms in total. The lowest BCUT2D eigenvalue weighted by molar-refractivity contribution is 0.0783. The maximum atomic E-state index is 12.3. The van der Waals surface area contributed by atoms with E-state index in [2.05, 4.69) is 22.9 Å². The minimum atomic E-state index is -0.0626. The summed E-state index contributed by atoms with van der Waals surface area (Å²) in [5.41, 5.74) is 0.390. The number of aromatic hydroxyl groups is 1. The number of phenols is 1. The Morgan fingerprint density at radius 2 is 2.33 bits per heavy atom. The van der Waals surface area contributed by atoms with E-state index in [4.69, 9.17) is 0 Å². The van der Waals surface area contributed by atoms with Gasteiger partial charge >= 0.3 is 0 Å². The second-order valence-corrected chi connectivity index (χ2v) is 5.77. The van der Waals surface area contributed by atoms with Gasteiger partial charge in [-0.2, -0.15) is 0 Å². The van der Waals surface area contributed by atoms with Gasteiger partial charge in [-0.25, -0.2) is 0 Å². The molecule has 1 atom stereocenters. The highest BCUT2D eigenvalue weighted by atomic mass is 79.9. The Morgan fingerprint density at radius 1 is 1.56 bits per heavy atom. The second kappa shape index (κ2) is 5.74. The molecule has 2 rings (SSSR count). The number of phenolic OH excluding ortho intramolecular Hbond substituents is 1. The van der Waals surface area contributed by atoms with Gasteiger partial charge in [0.15, 0.2) is 0 Å². The van der Waals surface area contributed by atoms with Crippen molar-refractivity contribution in [3.05, 3.63) is 28.2 Å². The van der Waals surface area contributed by atoms with E-state index in [0.29, 0.717) is 11.5 Å². The van der Waals surface area contributed by atoms with E-state index in [-0.39, 0.29) is 11.7 Å². The van der Waals surface area contributed by atoms with Crippen molar-refractivity contribution in [2.24, 2.45) is 5.92 Å². The Hall–Kier alpha value is -1.03. The molecule has 1 amide bonds. The number of likely N-dealkylation sites (tertiary alicyclic amines) is 1. The maximum absolute atomic E-state index is 12.3. The monoisotopic (exact) mass is 311 g/mol. The van der Waals surface area contributed by atoms with Crippen LogP contribution in [-0.2, 0) is 0 Å². The highest BCUT2D eigenvalue weighted by molar-refractivity contribution is 9.10. The summed E-state index contributed by atoms with van der Waals surface area (Å²) in [6, 6.07) is 4.97. The number of hydrogen-bond acceptors (Lipinski definition) is 2. The molecule has 1 aliphatic heterocycles. The Balaban J connectivity index is 2.10. The van der Waals surface area contributed by atoms with E-state index in [9.17, 15) is 9.90 Å². The molecule has 1 aromatic carbocycles. The van der Waals surface area contributed by atoms with Crippen LogP contribution in [-0.4, -0.2) is 29.0 Å². The van der Waals surface area contributed by atoms with E-state index < -0.39 is 0 Å². The highest BCUT2D eigenvalue weighted by Crippen LogP contribution is 2.27. The topological polar surface area (TPSA) is 40.5 Å². The fourth-order valence-electron chi connectivity index (χ4n) is 2.51. The van der Waals surface area contributed by atoms with E-state index in [1.807, 2.05) is 4.90 Å². The average Bonchev–Trinajstić information content (AvgIpc) is 2.80. The number of carbonyl (C=O) groups is 1. The molecule has 1 saturated heterocycles. The first-order valence-corrected chi connectivity index (χ1v) is 7.19. The van der Waals surface area contributed by atoms with E-state index >= 15 is 0 Å². The molecular formula is C14H18BrNO2. The van der Waals surface area contributed by atoms with Gasteiger partial charge in [0.05, 0.1) is 5.56 Å². The zero-order valence-corrected chi connectivity index (χ0v) is 12.1. The predicted molar refractivity (Wildman–Crippen MR) is 74.7 cm³/mol. The van der Waals surface area contributed by atoms with E-state index in [1.54, 1.807) is 18.2 Å². The Labute approximate surface area is 116 Å². The third kappa shape index (κ3) is 2.86. The molecule has 0 aliphatic carbocycles. The van der Waals surface area contributed by atoms with Crippen molar-refractivity contribution < 1.29 is 9.90 Å². The molecular weight excluding hydrogens is 294 g/mol. The fraction of sp³-hybridized carbons (Fsp3) is 0.500. The number of nitrogens with zero attached hydrogens (tertiary/aromatic N) is 1. The summed E-state index contributed by atoms with van der Waals surface area (Å²) in [6.45, 7) is 3.79. The normalized spacial score (nSPS) is 19.2. The van der Waals surface area contributed by atoms with Crippen LogP contribution < -0.4 is 0 Å². The Kier molecular flexibility index (Phi) is 4.27. The van der Waals surface area contributed by atoms with Gasteiger partial charge in [-0.05, 0) is 37.0 Å². The number of halogens is 1. The van der Waals surface area contributed by atoms with Gasteiger partial charge in [-0.15, -0.1) is 0 Å². The Morgan fingerprint density at radius 3 is 3.06 bits per heavy atom. The van der Waals surface area contributed by atoms with Crippen molar-refractivity contribution in [3.63, 3.8) is 0 Å². The standard InChI is InChI=1S/C14H18BrNO2/c1-2-3-10-6-7-16(9-10)14(18)12-8-11(15)4-5-13(12)17/h4-5,8,10,17H,2-3,6-7,9H2,1H3. The molecule has 0 bridgehead atoms. The van der Waals surface area contributed by atoms with Crippen molar-refractivity contribution in [3.8, 4) is 5.75 Å². The molecule has 0 aromatic heterocycles. The lowest BCUT2D eigenvalue weighted by Crippen LogP contribution is -2.28. The molecule has 98 valence electrons. The zero-order valence-electron chi connectivity index (χ0n) is 10.5. The minimum absolute atomic E-state index is 0.0575. The predicted octanol–water partition coefficient (Wildman–Crippen LogP) is 3.42. The number of hydrogen-bond donors (Lipinski definition) is 1. The van der Waals surface area contributed by atoms with Gasteiger partial charge in [0.25, 0.3) is 5.91 Å². The van der Waals surface area contributed by atoms with Crippen molar-refractivity contribution in [2.45, 2.75) is 26.2 Å². The van der Waals surface area contributed by atoms with Crippen LogP contribution in [0.5, 0.6) is 5.75 Å². The molecule has 18 heavy (non-hydrogen) atoms. The molecule has 1 aliphatic rings. The number of carbonyl (C=O) groups excluding carboxylic acids is 1. The zero-order chi connectivity index (χ0) is 13.1. The summed E-state index contributed by atoms with van der Waals surface area (Å²) in [4.78, 5) is 14.2. The molecule has 1 aromatic rings. The summed E-state index contributed by atoms with van der Waals surface area (Å²) in [7, 11) is 0. The van der Waals surface area contributed by atoms with Crippen LogP contribution in [0.2, 0.25) is 0 Å². The smallest absolute Gasteiger partial charge is 0.257 e. The van der Waals surface area contributed by atoms with Gasteiger partial charge < -0.3 is 10.0 Å². The number of amides is 1. The van der Waals surface area contributed by atoms with Crippen LogP contribution in [0.4, 0.5) is 0 Å². The SMILES string of the molecule is CCCC1CCN(C(=O)c2cc(Br)ccc2O)C1. The molecule has 4 heteroatoms. The first-order valence-electron chi connectivity index (χ1n) is 6.39. The maximum Gasteiger partial charge on any atom is 0.257 e. The molecule has 1 fully saturated rings. The largest absolute Gasteiger partial charge is 0.507 e. The fourth-order valence-corrected chi connectivity index (χ4v) is 2.87. The van der Waals surface area contributed by atoms with Crippen LogP contribution >= 0.6 is 15.9 Å². The summed E-state index contributed by atoms with van der Waals surface area (Å²) in [5.74, 6) is 0.614. The van der Waals surface area contributed by atoms with Crippen molar-refractivity contribution >= 4 is 21.8 Å². The van der Waals surface area contributed by atoms with E-state index in [1.165, 1.54) is 6.42 Å². The van der Waals surface area contributed by atoms with Gasteiger partial charge in [0, 0.05) is 17.6 Å². The van der Waals surface area contributed by atoms with Crippen LogP contribution in [0.15, 0.2) is 22.7 Å². The summed E-state index contributed by atoms with van der Waals surface area (Å²) in [6.07, 6.45) is 3.41. The molecule has 0 saturated carbocycles. The van der Waals surface area contributed by atoms with Crippen molar-refractivity contribution in [1.29, 1.82) is 0 Å². The van der Waals surface area contributed by atoms with Crippen molar-refractivity contribution in [2.75, 3.05) is 13.1 Å². The Bertz CT molecular complexity index is 447.